The van der Waals surface area contributed by atoms with Crippen molar-refractivity contribution in [3.05, 3.63) is 48.0 Å². The minimum atomic E-state index is -0.0410. The van der Waals surface area contributed by atoms with Crippen molar-refractivity contribution < 1.29 is 4.79 Å². The van der Waals surface area contributed by atoms with E-state index in [-0.39, 0.29) is 5.91 Å². The first-order chi connectivity index (χ1) is 9.29. The molecule has 0 atom stereocenters. The van der Waals surface area contributed by atoms with Gasteiger partial charge in [-0.1, -0.05) is 18.2 Å². The van der Waals surface area contributed by atoms with Gasteiger partial charge < -0.3 is 15.2 Å². The number of hydrogen-bond acceptors (Lipinski definition) is 3. The lowest BCUT2D eigenvalue weighted by Gasteiger charge is -2.15. The fourth-order valence-electron chi connectivity index (χ4n) is 2.43. The van der Waals surface area contributed by atoms with Crippen molar-refractivity contribution in [3.63, 3.8) is 0 Å². The lowest BCUT2D eigenvalue weighted by atomic mass is 10.2. The first-order valence-electron chi connectivity index (χ1n) is 6.41. The van der Waals surface area contributed by atoms with Gasteiger partial charge in [-0.15, -0.1) is 0 Å². The predicted octanol–water partition coefficient (Wildman–Crippen LogP) is 1.04. The maximum atomic E-state index is 12.4. The van der Waals surface area contributed by atoms with Gasteiger partial charge in [0, 0.05) is 31.5 Å². The van der Waals surface area contributed by atoms with Crippen LogP contribution in [-0.2, 0) is 13.0 Å². The van der Waals surface area contributed by atoms with E-state index in [1.807, 2.05) is 22.8 Å². The molecule has 2 aromatic rings. The predicted molar refractivity (Wildman–Crippen MR) is 73.1 cm³/mol. The molecule has 98 valence electrons. The molecule has 0 aliphatic carbocycles. The molecule has 2 heterocycles. The van der Waals surface area contributed by atoms with Gasteiger partial charge in [0.15, 0.2) is 0 Å². The number of aromatic nitrogens is 2. The fourth-order valence-corrected chi connectivity index (χ4v) is 2.43. The average molecular weight is 256 g/mol. The molecule has 0 radical (unpaired) electrons. The molecule has 0 fully saturated rings. The molecule has 0 unspecified atom stereocenters. The number of nitrogens with zero attached hydrogens (tertiary/aromatic N) is 3. The molecule has 5 heteroatoms. The Kier molecular flexibility index (Phi) is 3.05. The molecule has 5 nitrogen and oxygen atoms in total. The minimum Gasteiger partial charge on any atom is -0.335 e. The molecule has 0 spiro atoms. The fraction of sp³-hybridized carbons (Fsp3) is 0.286. The van der Waals surface area contributed by atoms with Crippen LogP contribution < -0.4 is 10.6 Å². The molecule has 1 amide bonds. The van der Waals surface area contributed by atoms with Gasteiger partial charge in [0.05, 0.1) is 6.33 Å². The summed E-state index contributed by atoms with van der Waals surface area (Å²) in [4.78, 5) is 18.4. The quantitative estimate of drug-likeness (QED) is 0.892. The number of carbonyl (C=O) groups is 1. The Labute approximate surface area is 111 Å². The summed E-state index contributed by atoms with van der Waals surface area (Å²) in [7, 11) is 0. The molecule has 1 aromatic heterocycles. The van der Waals surface area contributed by atoms with Gasteiger partial charge in [-0.3, -0.25) is 4.79 Å². The minimum absolute atomic E-state index is 0.0410. The van der Waals surface area contributed by atoms with E-state index in [4.69, 9.17) is 5.73 Å². The van der Waals surface area contributed by atoms with Gasteiger partial charge in [-0.2, -0.15) is 0 Å². The first kappa shape index (κ1) is 11.9. The van der Waals surface area contributed by atoms with E-state index >= 15 is 0 Å². The van der Waals surface area contributed by atoms with E-state index in [0.29, 0.717) is 18.8 Å². The van der Waals surface area contributed by atoms with Crippen LogP contribution in [0.4, 0.5) is 5.69 Å². The lowest BCUT2D eigenvalue weighted by molar-refractivity contribution is 0.0985. The van der Waals surface area contributed by atoms with Gasteiger partial charge in [0.25, 0.3) is 5.91 Å². The number of carbonyl (C=O) groups excluding carboxylic acids is 1. The Morgan fingerprint density at radius 1 is 1.37 bits per heavy atom. The Hall–Kier alpha value is -2.14. The highest BCUT2D eigenvalue weighted by atomic mass is 16.2. The molecule has 1 aliphatic heterocycles. The second-order valence-corrected chi connectivity index (χ2v) is 4.62. The SMILES string of the molecule is NCCn1cnc(C(=O)N2CCc3ccccc32)c1. The van der Waals surface area contributed by atoms with Crippen molar-refractivity contribution in [2.45, 2.75) is 13.0 Å². The van der Waals surface area contributed by atoms with Crippen LogP contribution >= 0.6 is 0 Å². The zero-order valence-corrected chi connectivity index (χ0v) is 10.6. The highest BCUT2D eigenvalue weighted by Crippen LogP contribution is 2.28. The second-order valence-electron chi connectivity index (χ2n) is 4.62. The molecule has 0 saturated carbocycles. The molecule has 3 rings (SSSR count). The standard InChI is InChI=1S/C14H16N4O/c15-6-8-17-9-12(16-10-17)14(19)18-7-5-11-3-1-2-4-13(11)18/h1-4,9-10H,5-8,15H2. The van der Waals surface area contributed by atoms with Gasteiger partial charge >= 0.3 is 0 Å². The largest absolute Gasteiger partial charge is 0.335 e. The number of imidazole rings is 1. The van der Waals surface area contributed by atoms with E-state index < -0.39 is 0 Å². The van der Waals surface area contributed by atoms with Crippen molar-refractivity contribution in [1.29, 1.82) is 0 Å². The third kappa shape index (κ3) is 2.13. The summed E-state index contributed by atoms with van der Waals surface area (Å²) < 4.78 is 1.84. The van der Waals surface area contributed by atoms with Gasteiger partial charge in [-0.05, 0) is 18.1 Å². The summed E-state index contributed by atoms with van der Waals surface area (Å²) in [5.74, 6) is -0.0410. The Bertz CT molecular complexity index is 605. The van der Waals surface area contributed by atoms with E-state index in [1.165, 1.54) is 5.56 Å². The molecular weight excluding hydrogens is 240 g/mol. The molecule has 19 heavy (non-hydrogen) atoms. The van der Waals surface area contributed by atoms with Crippen LogP contribution in [0.5, 0.6) is 0 Å². The number of amides is 1. The first-order valence-corrected chi connectivity index (χ1v) is 6.41. The van der Waals surface area contributed by atoms with Crippen LogP contribution in [0.15, 0.2) is 36.8 Å². The molecule has 0 bridgehead atoms. The summed E-state index contributed by atoms with van der Waals surface area (Å²) in [5.41, 5.74) is 8.18. The van der Waals surface area contributed by atoms with Crippen LogP contribution in [0, 0.1) is 0 Å². The summed E-state index contributed by atoms with van der Waals surface area (Å²) in [5, 5.41) is 0. The number of nitrogens with two attached hydrogens (primary N) is 1. The zero-order chi connectivity index (χ0) is 13.2. The van der Waals surface area contributed by atoms with Crippen LogP contribution in [0.1, 0.15) is 16.1 Å². The number of rotatable bonds is 3. The van der Waals surface area contributed by atoms with Crippen molar-refractivity contribution >= 4 is 11.6 Å². The Balaban J connectivity index is 1.85. The Morgan fingerprint density at radius 2 is 2.21 bits per heavy atom. The third-order valence-electron chi connectivity index (χ3n) is 3.37. The van der Waals surface area contributed by atoms with E-state index in [0.717, 1.165) is 18.7 Å². The third-order valence-corrected chi connectivity index (χ3v) is 3.37. The molecule has 1 aromatic carbocycles. The van der Waals surface area contributed by atoms with E-state index in [9.17, 15) is 4.79 Å². The normalized spacial score (nSPS) is 13.6. The van der Waals surface area contributed by atoms with Gasteiger partial charge in [-0.25, -0.2) is 4.98 Å². The maximum absolute atomic E-state index is 12.4. The van der Waals surface area contributed by atoms with Crippen LogP contribution in [0.25, 0.3) is 0 Å². The number of benzene rings is 1. The highest BCUT2D eigenvalue weighted by Gasteiger charge is 2.26. The van der Waals surface area contributed by atoms with E-state index in [1.54, 1.807) is 17.4 Å². The van der Waals surface area contributed by atoms with Crippen molar-refractivity contribution in [2.75, 3.05) is 18.0 Å². The summed E-state index contributed by atoms with van der Waals surface area (Å²) in [6.45, 7) is 1.94. The second kappa shape index (κ2) is 4.85. The summed E-state index contributed by atoms with van der Waals surface area (Å²) >= 11 is 0. The van der Waals surface area contributed by atoms with Crippen LogP contribution in [0.2, 0.25) is 0 Å². The number of anilines is 1. The average Bonchev–Trinajstić information content (AvgIpc) is 3.05. The van der Waals surface area contributed by atoms with Crippen LogP contribution in [0.3, 0.4) is 0 Å². The lowest BCUT2D eigenvalue weighted by Crippen LogP contribution is -2.29. The number of hydrogen-bond donors (Lipinski definition) is 1. The van der Waals surface area contributed by atoms with Gasteiger partial charge in [0.1, 0.15) is 5.69 Å². The summed E-state index contributed by atoms with van der Waals surface area (Å²) in [6.07, 6.45) is 4.32. The zero-order valence-electron chi connectivity index (χ0n) is 10.6. The summed E-state index contributed by atoms with van der Waals surface area (Å²) in [6, 6.07) is 8.01. The maximum Gasteiger partial charge on any atom is 0.278 e. The van der Waals surface area contributed by atoms with E-state index in [2.05, 4.69) is 11.1 Å². The monoisotopic (exact) mass is 256 g/mol. The topological polar surface area (TPSA) is 64.2 Å². The van der Waals surface area contributed by atoms with Crippen molar-refractivity contribution in [2.24, 2.45) is 5.73 Å². The van der Waals surface area contributed by atoms with Gasteiger partial charge in [0.2, 0.25) is 0 Å². The molecule has 1 aliphatic rings. The highest BCUT2D eigenvalue weighted by molar-refractivity contribution is 6.05. The number of fused-ring (bicyclic) bond motifs is 1. The molecular formula is C14H16N4O. The van der Waals surface area contributed by atoms with Crippen molar-refractivity contribution in [1.82, 2.24) is 9.55 Å². The van der Waals surface area contributed by atoms with Crippen molar-refractivity contribution in [3.8, 4) is 0 Å². The van der Waals surface area contributed by atoms with Crippen LogP contribution in [-0.4, -0.2) is 28.5 Å². The number of para-hydroxylation sites is 1. The molecule has 2 N–H and O–H groups in total. The smallest absolute Gasteiger partial charge is 0.278 e. The Morgan fingerprint density at radius 3 is 3.05 bits per heavy atom. The molecule has 0 saturated heterocycles.